The van der Waals surface area contributed by atoms with E-state index in [1.54, 1.807) is 12.3 Å². The quantitative estimate of drug-likeness (QED) is 0.332. The van der Waals surface area contributed by atoms with Crippen LogP contribution in [0.25, 0.3) is 11.3 Å². The summed E-state index contributed by atoms with van der Waals surface area (Å²) in [6.07, 6.45) is -0.905. The summed E-state index contributed by atoms with van der Waals surface area (Å²) in [6, 6.07) is 12.2. The van der Waals surface area contributed by atoms with E-state index in [-0.39, 0.29) is 35.9 Å². The van der Waals surface area contributed by atoms with Crippen molar-refractivity contribution in [3.05, 3.63) is 65.5 Å². The Kier molecular flexibility index (Phi) is 8.65. The molecule has 2 aromatic heterocycles. The first-order valence-corrected chi connectivity index (χ1v) is 15.8. The lowest BCUT2D eigenvalue weighted by atomic mass is 9.69. The van der Waals surface area contributed by atoms with Crippen LogP contribution in [0.2, 0.25) is 0 Å². The largest absolute Gasteiger partial charge is 0.493 e. The molecule has 0 bridgehead atoms. The van der Waals surface area contributed by atoms with Crippen LogP contribution in [-0.2, 0) is 11.6 Å². The van der Waals surface area contributed by atoms with Crippen molar-refractivity contribution in [1.82, 2.24) is 20.2 Å². The Morgan fingerprint density at radius 2 is 1.89 bits per heavy atom. The van der Waals surface area contributed by atoms with Crippen LogP contribution >= 0.6 is 0 Å². The standard InChI is InChI=1S/C34H40F3N5O3/c1-4-44-31-24(7-6-15-39-31)26-11-10-25-30(40-26)32(43)42(23-12-16-38-19-23)21-33(25)13-17-41(18-14-33)27-8-5-9-28(45-20-22(2)3)29(27)34(35,36)37/h5-11,15,22-23,38H,4,12-14,16-21H2,1-3H3. The molecule has 2 fully saturated rings. The number of alkyl halides is 3. The van der Waals surface area contributed by atoms with Crippen LogP contribution in [-0.4, -0.2) is 72.8 Å². The number of halogens is 3. The molecule has 0 saturated carbocycles. The van der Waals surface area contributed by atoms with Crippen molar-refractivity contribution >= 4 is 11.6 Å². The van der Waals surface area contributed by atoms with Gasteiger partial charge in [-0.3, -0.25) is 4.79 Å². The van der Waals surface area contributed by atoms with Gasteiger partial charge in [0.2, 0.25) is 5.88 Å². The van der Waals surface area contributed by atoms with Gasteiger partial charge in [0.25, 0.3) is 5.91 Å². The van der Waals surface area contributed by atoms with E-state index >= 15 is 0 Å². The van der Waals surface area contributed by atoms with Gasteiger partial charge < -0.3 is 24.6 Å². The molecular weight excluding hydrogens is 583 g/mol. The fraction of sp³-hybridized carbons (Fsp3) is 0.500. The highest BCUT2D eigenvalue weighted by molar-refractivity contribution is 5.96. The minimum atomic E-state index is -4.57. The summed E-state index contributed by atoms with van der Waals surface area (Å²) in [6.45, 7) is 9.21. The predicted molar refractivity (Wildman–Crippen MR) is 166 cm³/mol. The third-order valence-corrected chi connectivity index (χ3v) is 9.13. The molecule has 6 rings (SSSR count). The molecule has 3 aliphatic heterocycles. The zero-order valence-corrected chi connectivity index (χ0v) is 26.0. The molecule has 1 unspecified atom stereocenters. The van der Waals surface area contributed by atoms with Crippen LogP contribution in [0.1, 0.15) is 61.6 Å². The summed E-state index contributed by atoms with van der Waals surface area (Å²) >= 11 is 0. The van der Waals surface area contributed by atoms with Gasteiger partial charge in [0.05, 0.1) is 30.2 Å². The Balaban J connectivity index is 1.35. The van der Waals surface area contributed by atoms with Crippen LogP contribution in [0.5, 0.6) is 11.6 Å². The van der Waals surface area contributed by atoms with Gasteiger partial charge in [-0.25, -0.2) is 9.97 Å². The van der Waals surface area contributed by atoms with Crippen molar-refractivity contribution in [2.75, 3.05) is 50.8 Å². The molecule has 3 aromatic rings. The SMILES string of the molecule is CCOc1ncccc1-c1ccc2c(n1)C(=O)N(C1CCNC1)CC21CCN(c2cccc(OCC(C)C)c2C(F)(F)F)CC1. The molecule has 45 heavy (non-hydrogen) atoms. The summed E-state index contributed by atoms with van der Waals surface area (Å²) in [7, 11) is 0. The second-order valence-corrected chi connectivity index (χ2v) is 12.6. The van der Waals surface area contributed by atoms with Crippen molar-refractivity contribution < 1.29 is 27.4 Å². The van der Waals surface area contributed by atoms with E-state index in [1.807, 2.05) is 54.8 Å². The maximum Gasteiger partial charge on any atom is 0.421 e. The number of nitrogens with zero attached hydrogens (tertiary/aromatic N) is 4. The van der Waals surface area contributed by atoms with Gasteiger partial charge in [0, 0.05) is 43.8 Å². The Morgan fingerprint density at radius 3 is 2.58 bits per heavy atom. The molecule has 1 N–H and O–H groups in total. The summed E-state index contributed by atoms with van der Waals surface area (Å²) in [5.41, 5.74) is 1.55. The van der Waals surface area contributed by atoms with Crippen LogP contribution in [0.3, 0.4) is 0 Å². The van der Waals surface area contributed by atoms with E-state index < -0.39 is 17.2 Å². The van der Waals surface area contributed by atoms with E-state index in [0.29, 0.717) is 68.5 Å². The van der Waals surface area contributed by atoms with Crippen LogP contribution < -0.4 is 19.7 Å². The van der Waals surface area contributed by atoms with Gasteiger partial charge in [-0.2, -0.15) is 13.2 Å². The van der Waals surface area contributed by atoms with Crippen molar-refractivity contribution in [2.24, 2.45) is 5.92 Å². The number of aromatic nitrogens is 2. The molecule has 3 aliphatic rings. The van der Waals surface area contributed by atoms with E-state index in [0.717, 1.165) is 18.5 Å². The molecule has 2 saturated heterocycles. The molecule has 1 aromatic carbocycles. The lowest BCUT2D eigenvalue weighted by Gasteiger charge is -2.50. The van der Waals surface area contributed by atoms with Crippen molar-refractivity contribution in [2.45, 2.75) is 57.7 Å². The maximum absolute atomic E-state index is 14.5. The van der Waals surface area contributed by atoms with Gasteiger partial charge in [-0.05, 0) is 74.5 Å². The van der Waals surface area contributed by atoms with Gasteiger partial charge in [-0.1, -0.05) is 26.0 Å². The average Bonchev–Trinajstić information content (AvgIpc) is 3.57. The van der Waals surface area contributed by atoms with E-state index in [2.05, 4.69) is 10.3 Å². The summed E-state index contributed by atoms with van der Waals surface area (Å²) in [5.74, 6) is 0.302. The van der Waals surface area contributed by atoms with Crippen molar-refractivity contribution in [3.63, 3.8) is 0 Å². The smallest absolute Gasteiger partial charge is 0.421 e. The number of carbonyl (C=O) groups excluding carboxylic acids is 1. The summed E-state index contributed by atoms with van der Waals surface area (Å²) < 4.78 is 54.8. The molecule has 1 atom stereocenters. The highest BCUT2D eigenvalue weighted by Crippen LogP contribution is 2.47. The number of fused-ring (bicyclic) bond motifs is 2. The fourth-order valence-electron chi connectivity index (χ4n) is 6.90. The molecule has 0 radical (unpaired) electrons. The molecule has 8 nitrogen and oxygen atoms in total. The Labute approximate surface area is 261 Å². The third-order valence-electron chi connectivity index (χ3n) is 9.13. The number of anilines is 1. The second-order valence-electron chi connectivity index (χ2n) is 12.6. The molecular formula is C34H40F3N5O3. The van der Waals surface area contributed by atoms with Crippen molar-refractivity contribution in [1.29, 1.82) is 0 Å². The Morgan fingerprint density at radius 1 is 1.09 bits per heavy atom. The van der Waals surface area contributed by atoms with E-state index in [4.69, 9.17) is 14.5 Å². The number of pyridine rings is 2. The number of ether oxygens (including phenoxy) is 2. The van der Waals surface area contributed by atoms with Crippen LogP contribution in [0.4, 0.5) is 18.9 Å². The number of rotatable bonds is 8. The third kappa shape index (κ3) is 6.06. The first-order valence-electron chi connectivity index (χ1n) is 15.8. The number of benzene rings is 1. The predicted octanol–water partition coefficient (Wildman–Crippen LogP) is 5.95. The average molecular weight is 624 g/mol. The maximum atomic E-state index is 14.5. The van der Waals surface area contributed by atoms with Gasteiger partial charge >= 0.3 is 6.18 Å². The first kappa shape index (κ1) is 31.1. The second kappa shape index (κ2) is 12.5. The molecule has 240 valence electrons. The molecule has 11 heteroatoms. The topological polar surface area (TPSA) is 79.8 Å². The number of hydrogen-bond acceptors (Lipinski definition) is 7. The zero-order chi connectivity index (χ0) is 31.8. The van der Waals surface area contributed by atoms with Crippen molar-refractivity contribution in [3.8, 4) is 22.9 Å². The molecule has 1 spiro atoms. The monoisotopic (exact) mass is 623 g/mol. The first-order chi connectivity index (χ1) is 21.6. The Bertz CT molecular complexity index is 1530. The van der Waals surface area contributed by atoms with Crippen LogP contribution in [0.15, 0.2) is 48.7 Å². The number of nitrogens with one attached hydrogen (secondary N) is 1. The number of piperidine rings is 1. The summed E-state index contributed by atoms with van der Waals surface area (Å²) in [4.78, 5) is 27.1. The molecule has 0 aliphatic carbocycles. The van der Waals surface area contributed by atoms with E-state index in [9.17, 15) is 18.0 Å². The number of hydrogen-bond donors (Lipinski definition) is 1. The van der Waals surface area contributed by atoms with Gasteiger partial charge in [0.1, 0.15) is 17.0 Å². The van der Waals surface area contributed by atoms with Gasteiger partial charge in [-0.15, -0.1) is 0 Å². The Hall–Kier alpha value is -3.86. The van der Waals surface area contributed by atoms with Crippen LogP contribution in [0, 0.1) is 5.92 Å². The highest BCUT2D eigenvalue weighted by atomic mass is 19.4. The minimum Gasteiger partial charge on any atom is -0.493 e. The van der Waals surface area contributed by atoms with E-state index in [1.165, 1.54) is 12.1 Å². The number of carbonyl (C=O) groups is 1. The lowest BCUT2D eigenvalue weighted by molar-refractivity contribution is -0.138. The fourth-order valence-corrected chi connectivity index (χ4v) is 6.90. The minimum absolute atomic E-state index is 0.0370. The normalized spacial score (nSPS) is 19.7. The zero-order valence-electron chi connectivity index (χ0n) is 26.0. The lowest BCUT2D eigenvalue weighted by Crippen LogP contribution is -2.57. The molecule has 1 amide bonds. The number of amides is 1. The molecule has 5 heterocycles. The summed E-state index contributed by atoms with van der Waals surface area (Å²) in [5, 5.41) is 3.37. The van der Waals surface area contributed by atoms with Gasteiger partial charge in [0.15, 0.2) is 0 Å². The highest BCUT2D eigenvalue weighted by Gasteiger charge is 2.49.